The van der Waals surface area contributed by atoms with Crippen LogP contribution in [0.15, 0.2) is 36.4 Å². The Morgan fingerprint density at radius 2 is 2.00 bits per heavy atom. The first kappa shape index (κ1) is 13.9. The first-order valence-corrected chi connectivity index (χ1v) is 6.31. The van der Waals surface area contributed by atoms with Crippen molar-refractivity contribution in [3.8, 4) is 0 Å². The van der Waals surface area contributed by atoms with Crippen LogP contribution in [-0.4, -0.2) is 16.1 Å². The summed E-state index contributed by atoms with van der Waals surface area (Å²) >= 11 is 0. The Bertz CT molecular complexity index is 641. The Labute approximate surface area is 117 Å². The van der Waals surface area contributed by atoms with Crippen LogP contribution in [0.4, 0.5) is 11.5 Å². The fraction of sp³-hybridized carbons (Fsp3) is 0.200. The maximum absolute atomic E-state index is 10.9. The number of carboxylic acid groups (broad SMARTS) is 1. The number of rotatable bonds is 4. The third kappa shape index (κ3) is 2.88. The predicted molar refractivity (Wildman–Crippen MR) is 78.8 cm³/mol. The molecule has 2 aromatic rings. The third-order valence-corrected chi connectivity index (χ3v) is 3.15. The Hall–Kier alpha value is -2.56. The van der Waals surface area contributed by atoms with E-state index in [9.17, 15) is 4.79 Å². The average Bonchev–Trinajstić information content (AvgIpc) is 2.41. The number of nitrogens with one attached hydrogen (secondary N) is 1. The van der Waals surface area contributed by atoms with E-state index in [2.05, 4.69) is 10.3 Å². The number of nitrogen functional groups attached to an aromatic ring is 1. The molecular weight excluding hydrogens is 254 g/mol. The summed E-state index contributed by atoms with van der Waals surface area (Å²) in [6.45, 7) is 4.01. The summed E-state index contributed by atoms with van der Waals surface area (Å²) in [4.78, 5) is 15.0. The number of aryl methyl sites for hydroxylation is 1. The molecule has 4 N–H and O–H groups in total. The van der Waals surface area contributed by atoms with Gasteiger partial charge in [0.2, 0.25) is 0 Å². The second-order valence-corrected chi connectivity index (χ2v) is 4.66. The minimum atomic E-state index is -1.07. The number of nitrogens with zero attached hydrogens (tertiary/aromatic N) is 1. The average molecular weight is 271 g/mol. The zero-order chi connectivity index (χ0) is 14.7. The van der Waals surface area contributed by atoms with Gasteiger partial charge in [-0.05, 0) is 37.1 Å². The Morgan fingerprint density at radius 3 is 2.65 bits per heavy atom. The molecule has 1 atom stereocenters. The van der Waals surface area contributed by atoms with Crippen molar-refractivity contribution in [1.29, 1.82) is 0 Å². The van der Waals surface area contributed by atoms with Gasteiger partial charge in [-0.1, -0.05) is 24.3 Å². The predicted octanol–water partition coefficient (Wildman–Crippen LogP) is 2.84. The summed E-state index contributed by atoms with van der Waals surface area (Å²) in [5.41, 5.74) is 8.51. The lowest BCUT2D eigenvalue weighted by Crippen LogP contribution is -2.13. The standard InChI is InChI=1S/C15H17N3O2/c1-9-5-3-4-6-11(9)10(2)17-14-12(16)7-8-13(18-14)15(19)20/h3-8,10H,16H2,1-2H3,(H,17,18)(H,19,20). The van der Waals surface area contributed by atoms with Crippen LogP contribution in [0.25, 0.3) is 0 Å². The number of hydrogen-bond acceptors (Lipinski definition) is 4. The van der Waals surface area contributed by atoms with E-state index in [1.54, 1.807) is 6.07 Å². The van der Waals surface area contributed by atoms with E-state index >= 15 is 0 Å². The molecule has 0 saturated heterocycles. The topological polar surface area (TPSA) is 88.2 Å². The summed E-state index contributed by atoms with van der Waals surface area (Å²) in [6.07, 6.45) is 0. The van der Waals surface area contributed by atoms with Crippen LogP contribution in [-0.2, 0) is 0 Å². The van der Waals surface area contributed by atoms with Gasteiger partial charge in [0.25, 0.3) is 0 Å². The van der Waals surface area contributed by atoms with E-state index in [0.29, 0.717) is 11.5 Å². The van der Waals surface area contributed by atoms with Gasteiger partial charge in [0.15, 0.2) is 11.5 Å². The van der Waals surface area contributed by atoms with Gasteiger partial charge in [0.1, 0.15) is 0 Å². The summed E-state index contributed by atoms with van der Waals surface area (Å²) < 4.78 is 0. The van der Waals surface area contributed by atoms with Crippen molar-refractivity contribution >= 4 is 17.5 Å². The molecule has 20 heavy (non-hydrogen) atoms. The van der Waals surface area contributed by atoms with Crippen LogP contribution in [0.2, 0.25) is 0 Å². The molecule has 0 saturated carbocycles. The molecule has 2 rings (SSSR count). The smallest absolute Gasteiger partial charge is 0.354 e. The molecule has 0 fully saturated rings. The molecule has 1 unspecified atom stereocenters. The van der Waals surface area contributed by atoms with E-state index in [0.717, 1.165) is 11.1 Å². The number of anilines is 2. The molecule has 1 aromatic carbocycles. The summed E-state index contributed by atoms with van der Waals surface area (Å²) in [5, 5.41) is 12.1. The lowest BCUT2D eigenvalue weighted by molar-refractivity contribution is 0.0690. The number of carbonyl (C=O) groups is 1. The molecule has 0 aliphatic carbocycles. The van der Waals surface area contributed by atoms with Crippen molar-refractivity contribution in [2.24, 2.45) is 0 Å². The van der Waals surface area contributed by atoms with Crippen LogP contribution < -0.4 is 11.1 Å². The highest BCUT2D eigenvalue weighted by molar-refractivity contribution is 5.86. The molecule has 0 aliphatic rings. The monoisotopic (exact) mass is 271 g/mol. The number of carboxylic acids is 1. The van der Waals surface area contributed by atoms with E-state index in [4.69, 9.17) is 10.8 Å². The lowest BCUT2D eigenvalue weighted by atomic mass is 10.0. The van der Waals surface area contributed by atoms with E-state index in [-0.39, 0.29) is 11.7 Å². The Balaban J connectivity index is 2.28. The van der Waals surface area contributed by atoms with Crippen LogP contribution >= 0.6 is 0 Å². The van der Waals surface area contributed by atoms with Crippen molar-refractivity contribution in [3.63, 3.8) is 0 Å². The number of pyridine rings is 1. The molecule has 0 amide bonds. The number of aromatic carboxylic acids is 1. The maximum Gasteiger partial charge on any atom is 0.354 e. The molecule has 5 heteroatoms. The van der Waals surface area contributed by atoms with E-state index in [1.807, 2.05) is 38.1 Å². The molecule has 5 nitrogen and oxygen atoms in total. The number of hydrogen-bond donors (Lipinski definition) is 3. The van der Waals surface area contributed by atoms with Crippen molar-refractivity contribution < 1.29 is 9.90 Å². The van der Waals surface area contributed by atoms with Crippen molar-refractivity contribution in [1.82, 2.24) is 4.98 Å². The maximum atomic E-state index is 10.9. The van der Waals surface area contributed by atoms with E-state index < -0.39 is 5.97 Å². The van der Waals surface area contributed by atoms with Crippen molar-refractivity contribution in [3.05, 3.63) is 53.2 Å². The molecule has 0 aliphatic heterocycles. The zero-order valence-corrected chi connectivity index (χ0v) is 11.4. The Morgan fingerprint density at radius 1 is 1.30 bits per heavy atom. The number of aromatic nitrogens is 1. The highest BCUT2D eigenvalue weighted by Gasteiger charge is 2.13. The minimum absolute atomic E-state index is 0.0185. The normalized spacial score (nSPS) is 11.9. The van der Waals surface area contributed by atoms with Gasteiger partial charge in [-0.2, -0.15) is 0 Å². The molecule has 0 spiro atoms. The van der Waals surface area contributed by atoms with Gasteiger partial charge in [0.05, 0.1) is 11.7 Å². The van der Waals surface area contributed by atoms with Crippen LogP contribution in [0.3, 0.4) is 0 Å². The lowest BCUT2D eigenvalue weighted by Gasteiger charge is -2.18. The first-order chi connectivity index (χ1) is 9.49. The number of benzene rings is 1. The molecular formula is C15H17N3O2. The first-order valence-electron chi connectivity index (χ1n) is 6.31. The van der Waals surface area contributed by atoms with Crippen molar-refractivity contribution in [2.75, 3.05) is 11.1 Å². The Kier molecular flexibility index (Phi) is 3.89. The third-order valence-electron chi connectivity index (χ3n) is 3.15. The van der Waals surface area contributed by atoms with E-state index in [1.165, 1.54) is 6.07 Å². The molecule has 0 radical (unpaired) electrons. The van der Waals surface area contributed by atoms with Crippen LogP contribution in [0.1, 0.15) is 34.6 Å². The highest BCUT2D eigenvalue weighted by atomic mass is 16.4. The minimum Gasteiger partial charge on any atom is -0.477 e. The molecule has 1 aromatic heterocycles. The van der Waals surface area contributed by atoms with Gasteiger partial charge in [-0.15, -0.1) is 0 Å². The highest BCUT2D eigenvalue weighted by Crippen LogP contribution is 2.24. The zero-order valence-electron chi connectivity index (χ0n) is 11.4. The molecule has 1 heterocycles. The van der Waals surface area contributed by atoms with Gasteiger partial charge in [0, 0.05) is 0 Å². The summed E-state index contributed by atoms with van der Waals surface area (Å²) in [6, 6.07) is 10.9. The van der Waals surface area contributed by atoms with Crippen LogP contribution in [0, 0.1) is 6.92 Å². The quantitative estimate of drug-likeness (QED) is 0.795. The fourth-order valence-corrected chi connectivity index (χ4v) is 2.06. The second-order valence-electron chi connectivity index (χ2n) is 4.66. The van der Waals surface area contributed by atoms with Gasteiger partial charge in [-0.25, -0.2) is 9.78 Å². The SMILES string of the molecule is Cc1ccccc1C(C)Nc1nc(C(=O)O)ccc1N. The number of nitrogens with two attached hydrogens (primary N) is 1. The second kappa shape index (κ2) is 5.61. The van der Waals surface area contributed by atoms with Crippen molar-refractivity contribution in [2.45, 2.75) is 19.9 Å². The molecule has 104 valence electrons. The van der Waals surface area contributed by atoms with Crippen LogP contribution in [0.5, 0.6) is 0 Å². The van der Waals surface area contributed by atoms with Gasteiger partial charge < -0.3 is 16.2 Å². The van der Waals surface area contributed by atoms with Gasteiger partial charge >= 0.3 is 5.97 Å². The summed E-state index contributed by atoms with van der Waals surface area (Å²) in [5.74, 6) is -0.683. The summed E-state index contributed by atoms with van der Waals surface area (Å²) in [7, 11) is 0. The largest absolute Gasteiger partial charge is 0.477 e. The molecule has 0 bridgehead atoms. The van der Waals surface area contributed by atoms with Gasteiger partial charge in [-0.3, -0.25) is 0 Å². The fourth-order valence-electron chi connectivity index (χ4n) is 2.06.